The van der Waals surface area contributed by atoms with Gasteiger partial charge in [-0.2, -0.15) is 0 Å². The molecule has 0 saturated heterocycles. The molecule has 30 heavy (non-hydrogen) atoms. The fourth-order valence-electron chi connectivity index (χ4n) is 5.07. The maximum atomic E-state index is 12.8. The molecule has 5 heteroatoms. The van der Waals surface area contributed by atoms with Gasteiger partial charge in [-0.1, -0.05) is 80.6 Å². The highest BCUT2D eigenvalue weighted by Crippen LogP contribution is 2.44. The molecule has 0 radical (unpaired) electrons. The molecule has 1 fully saturated rings. The maximum Gasteiger partial charge on any atom is 0.407 e. The maximum absolute atomic E-state index is 12.8. The fourth-order valence-corrected chi connectivity index (χ4v) is 5.07. The smallest absolute Gasteiger partial charge is 0.407 e. The number of carbonyl (C=O) groups excluding carboxylic acids is 1. The van der Waals surface area contributed by atoms with E-state index in [0.717, 1.165) is 36.8 Å². The first-order chi connectivity index (χ1) is 14.6. The Morgan fingerprint density at radius 1 is 0.900 bits per heavy atom. The minimum absolute atomic E-state index is 0.00379. The highest BCUT2D eigenvalue weighted by molar-refractivity contribution is 5.79. The van der Waals surface area contributed by atoms with E-state index in [1.807, 2.05) is 24.3 Å². The van der Waals surface area contributed by atoms with E-state index in [4.69, 9.17) is 4.74 Å². The fraction of sp³-hybridized carbons (Fsp3) is 0.440. The second kappa shape index (κ2) is 8.90. The highest BCUT2D eigenvalue weighted by Gasteiger charge is 2.36. The van der Waals surface area contributed by atoms with E-state index >= 15 is 0 Å². The number of nitrogens with one attached hydrogen (secondary N) is 1. The molecule has 5 nitrogen and oxygen atoms in total. The van der Waals surface area contributed by atoms with Gasteiger partial charge in [0.2, 0.25) is 0 Å². The van der Waals surface area contributed by atoms with E-state index in [-0.39, 0.29) is 18.9 Å². The van der Waals surface area contributed by atoms with Crippen LogP contribution in [0.15, 0.2) is 48.5 Å². The molecule has 0 heterocycles. The minimum Gasteiger partial charge on any atom is -0.481 e. The third-order valence-electron chi connectivity index (χ3n) is 6.51. The third-order valence-corrected chi connectivity index (χ3v) is 6.51. The zero-order valence-corrected chi connectivity index (χ0v) is 17.2. The lowest BCUT2D eigenvalue weighted by Crippen LogP contribution is -2.50. The second-order valence-corrected chi connectivity index (χ2v) is 8.57. The van der Waals surface area contributed by atoms with Gasteiger partial charge in [0.1, 0.15) is 6.61 Å². The summed E-state index contributed by atoms with van der Waals surface area (Å²) in [5, 5.41) is 12.4. The first-order valence-corrected chi connectivity index (χ1v) is 10.9. The van der Waals surface area contributed by atoms with Crippen molar-refractivity contribution in [2.45, 2.75) is 62.8 Å². The van der Waals surface area contributed by atoms with Crippen molar-refractivity contribution in [3.05, 3.63) is 59.7 Å². The van der Waals surface area contributed by atoms with Crippen LogP contribution in [0.3, 0.4) is 0 Å². The summed E-state index contributed by atoms with van der Waals surface area (Å²) in [4.78, 5) is 24.3. The van der Waals surface area contributed by atoms with Crippen LogP contribution >= 0.6 is 0 Å². The Morgan fingerprint density at radius 2 is 1.43 bits per heavy atom. The third kappa shape index (κ3) is 4.35. The van der Waals surface area contributed by atoms with Crippen LogP contribution in [0.5, 0.6) is 0 Å². The number of fused-ring (bicyclic) bond motifs is 3. The van der Waals surface area contributed by atoms with Crippen molar-refractivity contribution in [1.82, 2.24) is 5.32 Å². The average Bonchev–Trinajstić information content (AvgIpc) is 3.03. The van der Waals surface area contributed by atoms with Gasteiger partial charge in [0, 0.05) is 5.92 Å². The van der Waals surface area contributed by atoms with E-state index in [9.17, 15) is 14.7 Å². The van der Waals surface area contributed by atoms with Gasteiger partial charge in [0.15, 0.2) is 0 Å². The quantitative estimate of drug-likeness (QED) is 0.688. The number of carboxylic acids is 1. The van der Waals surface area contributed by atoms with Gasteiger partial charge in [-0.3, -0.25) is 4.79 Å². The Hall–Kier alpha value is -2.82. The molecule has 0 aliphatic heterocycles. The highest BCUT2D eigenvalue weighted by atomic mass is 16.5. The topological polar surface area (TPSA) is 75.6 Å². The molecule has 0 unspecified atom stereocenters. The molecule has 1 amide bonds. The number of aliphatic carboxylic acids is 1. The van der Waals surface area contributed by atoms with Gasteiger partial charge < -0.3 is 15.2 Å². The van der Waals surface area contributed by atoms with Crippen LogP contribution < -0.4 is 5.32 Å². The van der Waals surface area contributed by atoms with E-state index in [0.29, 0.717) is 12.8 Å². The number of rotatable bonds is 5. The molecule has 0 bridgehead atoms. The van der Waals surface area contributed by atoms with Crippen molar-refractivity contribution in [3.8, 4) is 11.1 Å². The van der Waals surface area contributed by atoms with E-state index in [1.54, 1.807) is 0 Å². The number of hydrogen-bond donors (Lipinski definition) is 2. The average molecular weight is 408 g/mol. The van der Waals surface area contributed by atoms with Crippen molar-refractivity contribution in [1.29, 1.82) is 0 Å². The van der Waals surface area contributed by atoms with Crippen LogP contribution in [-0.4, -0.2) is 29.3 Å². The standard InChI is InChI=1S/C25H29NO4/c27-23(28)16-25(14-8-2-1-3-9-15-25)26-24(29)30-17-22-20-12-6-4-10-18(20)19-11-5-7-13-21(19)22/h4-7,10-13,22H,1-3,8-9,14-17H2,(H,26,29)(H,27,28). The number of carboxylic acid groups (broad SMARTS) is 1. The van der Waals surface area contributed by atoms with Crippen molar-refractivity contribution in [2.75, 3.05) is 6.61 Å². The van der Waals surface area contributed by atoms with Gasteiger partial charge in [0.05, 0.1) is 12.0 Å². The van der Waals surface area contributed by atoms with Gasteiger partial charge in [-0.25, -0.2) is 4.79 Å². The summed E-state index contributed by atoms with van der Waals surface area (Å²) in [6.07, 6.45) is 5.98. The summed E-state index contributed by atoms with van der Waals surface area (Å²) in [5.41, 5.74) is 3.99. The van der Waals surface area contributed by atoms with E-state index < -0.39 is 17.6 Å². The monoisotopic (exact) mass is 407 g/mol. The number of benzene rings is 2. The van der Waals surface area contributed by atoms with Crippen LogP contribution in [0.4, 0.5) is 4.79 Å². The summed E-state index contributed by atoms with van der Waals surface area (Å²) in [7, 11) is 0. The molecule has 2 N–H and O–H groups in total. The van der Waals surface area contributed by atoms with Crippen LogP contribution in [0.25, 0.3) is 11.1 Å². The summed E-state index contributed by atoms with van der Waals surface area (Å²) < 4.78 is 5.68. The van der Waals surface area contributed by atoms with Crippen LogP contribution in [0, 0.1) is 0 Å². The number of carbonyl (C=O) groups is 2. The van der Waals surface area contributed by atoms with Crippen LogP contribution in [0.1, 0.15) is 68.4 Å². The normalized spacial score (nSPS) is 17.9. The predicted molar refractivity (Wildman–Crippen MR) is 116 cm³/mol. The Kier molecular flexibility index (Phi) is 6.07. The van der Waals surface area contributed by atoms with Gasteiger partial charge in [0.25, 0.3) is 0 Å². The predicted octanol–water partition coefficient (Wildman–Crippen LogP) is 5.48. The molecule has 158 valence electrons. The Bertz CT molecular complexity index is 869. The largest absolute Gasteiger partial charge is 0.481 e. The summed E-state index contributed by atoms with van der Waals surface area (Å²) >= 11 is 0. The first kappa shape index (κ1) is 20.5. The van der Waals surface area contributed by atoms with Gasteiger partial charge >= 0.3 is 12.1 Å². The Morgan fingerprint density at radius 3 is 2.00 bits per heavy atom. The minimum atomic E-state index is -0.880. The molecule has 4 rings (SSSR count). The van der Waals surface area contributed by atoms with Gasteiger partial charge in [-0.15, -0.1) is 0 Å². The zero-order valence-electron chi connectivity index (χ0n) is 17.2. The Balaban J connectivity index is 1.47. The number of amides is 1. The number of ether oxygens (including phenoxy) is 1. The van der Waals surface area contributed by atoms with Crippen molar-refractivity contribution < 1.29 is 19.4 Å². The van der Waals surface area contributed by atoms with Gasteiger partial charge in [-0.05, 0) is 35.1 Å². The zero-order chi connectivity index (χ0) is 21.0. The lowest BCUT2D eigenvalue weighted by atomic mass is 9.81. The molecule has 0 spiro atoms. The lowest BCUT2D eigenvalue weighted by molar-refractivity contribution is -0.138. The molecule has 2 aromatic carbocycles. The van der Waals surface area contributed by atoms with E-state index in [2.05, 4.69) is 29.6 Å². The second-order valence-electron chi connectivity index (χ2n) is 8.57. The molecular formula is C25H29NO4. The summed E-state index contributed by atoms with van der Waals surface area (Å²) in [5.74, 6) is -0.884. The molecule has 2 aliphatic rings. The molecule has 0 atom stereocenters. The first-order valence-electron chi connectivity index (χ1n) is 10.9. The molecule has 1 saturated carbocycles. The van der Waals surface area contributed by atoms with Crippen molar-refractivity contribution in [2.24, 2.45) is 0 Å². The summed E-state index contributed by atoms with van der Waals surface area (Å²) in [6.45, 7) is 0.239. The Labute approximate surface area is 177 Å². The molecule has 2 aromatic rings. The molecule has 0 aromatic heterocycles. The lowest BCUT2D eigenvalue weighted by Gasteiger charge is -2.35. The number of alkyl carbamates (subject to hydrolysis) is 1. The molecule has 2 aliphatic carbocycles. The SMILES string of the molecule is O=C(O)CC1(NC(=O)OCC2c3ccccc3-c3ccccc32)CCCCCCC1. The van der Waals surface area contributed by atoms with E-state index in [1.165, 1.54) is 17.5 Å². The summed E-state index contributed by atoms with van der Waals surface area (Å²) in [6, 6.07) is 16.4. The number of hydrogen-bond acceptors (Lipinski definition) is 3. The van der Waals surface area contributed by atoms with Crippen molar-refractivity contribution >= 4 is 12.1 Å². The van der Waals surface area contributed by atoms with Crippen LogP contribution in [0.2, 0.25) is 0 Å². The van der Waals surface area contributed by atoms with Crippen LogP contribution in [-0.2, 0) is 9.53 Å². The molecular weight excluding hydrogens is 378 g/mol. The van der Waals surface area contributed by atoms with Crippen molar-refractivity contribution in [3.63, 3.8) is 0 Å².